The molecule has 0 atom stereocenters. The van der Waals surface area contributed by atoms with Gasteiger partial charge in [0.15, 0.2) is 16.6 Å². The average Bonchev–Trinajstić information content (AvgIpc) is 3.28. The Bertz CT molecular complexity index is 1090. The van der Waals surface area contributed by atoms with Gasteiger partial charge in [-0.05, 0) is 25.1 Å². The first kappa shape index (κ1) is 15.7. The van der Waals surface area contributed by atoms with Crippen molar-refractivity contribution in [1.29, 1.82) is 0 Å². The van der Waals surface area contributed by atoms with Crippen LogP contribution in [0.5, 0.6) is 0 Å². The number of hydrogen-bond acceptors (Lipinski definition) is 6. The van der Waals surface area contributed by atoms with Crippen LogP contribution in [0.15, 0.2) is 51.1 Å². The van der Waals surface area contributed by atoms with E-state index in [0.717, 1.165) is 22.3 Å². The molecule has 0 aliphatic heterocycles. The summed E-state index contributed by atoms with van der Waals surface area (Å²) in [6.07, 6.45) is 3.36. The Morgan fingerprint density at radius 2 is 2.12 bits per heavy atom. The van der Waals surface area contributed by atoms with E-state index < -0.39 is 0 Å². The van der Waals surface area contributed by atoms with E-state index >= 15 is 0 Å². The van der Waals surface area contributed by atoms with Crippen molar-refractivity contribution < 1.29 is 4.42 Å². The highest BCUT2D eigenvalue weighted by atomic mass is 32.2. The Hall–Kier alpha value is -2.81. The van der Waals surface area contributed by atoms with E-state index in [-0.39, 0.29) is 5.69 Å². The molecule has 9 heteroatoms. The third kappa shape index (κ3) is 2.76. The standard InChI is InChI=1S/C16H16N6O2S/c1-11-12(6-9-24-11)14-17-18-15(20(14)2)25-10-8-22-16(23)21-7-4-3-5-13(21)19-22/h3-7,9H,8,10H2,1-2H3. The molecule has 4 heterocycles. The smallest absolute Gasteiger partial charge is 0.350 e. The van der Waals surface area contributed by atoms with Gasteiger partial charge in [0.2, 0.25) is 0 Å². The molecular weight excluding hydrogens is 340 g/mol. The molecule has 4 aromatic rings. The van der Waals surface area contributed by atoms with Gasteiger partial charge in [0.05, 0.1) is 18.4 Å². The lowest BCUT2D eigenvalue weighted by atomic mass is 10.2. The summed E-state index contributed by atoms with van der Waals surface area (Å²) in [6.45, 7) is 2.39. The van der Waals surface area contributed by atoms with E-state index in [0.29, 0.717) is 17.9 Å². The molecule has 4 rings (SSSR count). The maximum atomic E-state index is 12.2. The summed E-state index contributed by atoms with van der Waals surface area (Å²) in [6, 6.07) is 7.37. The fourth-order valence-corrected chi connectivity index (χ4v) is 3.45. The number of aromatic nitrogens is 6. The lowest BCUT2D eigenvalue weighted by Crippen LogP contribution is -2.22. The van der Waals surface area contributed by atoms with Gasteiger partial charge in [-0.3, -0.25) is 4.40 Å². The summed E-state index contributed by atoms with van der Waals surface area (Å²) < 4.78 is 10.3. The molecule has 0 N–H and O–H groups in total. The largest absolute Gasteiger partial charge is 0.469 e. The number of hydrogen-bond donors (Lipinski definition) is 0. The van der Waals surface area contributed by atoms with Gasteiger partial charge < -0.3 is 8.98 Å². The zero-order valence-corrected chi connectivity index (χ0v) is 14.6. The fourth-order valence-electron chi connectivity index (χ4n) is 2.63. The van der Waals surface area contributed by atoms with E-state index in [1.54, 1.807) is 12.5 Å². The van der Waals surface area contributed by atoms with Crippen LogP contribution < -0.4 is 5.69 Å². The van der Waals surface area contributed by atoms with Crippen molar-refractivity contribution in [2.24, 2.45) is 7.05 Å². The summed E-state index contributed by atoms with van der Waals surface area (Å²) in [5.41, 5.74) is 1.44. The molecule has 4 aromatic heterocycles. The Kier molecular flexibility index (Phi) is 3.92. The monoisotopic (exact) mass is 356 g/mol. The topological polar surface area (TPSA) is 83.2 Å². The van der Waals surface area contributed by atoms with Crippen LogP contribution in [0.1, 0.15) is 5.76 Å². The van der Waals surface area contributed by atoms with Crippen LogP contribution in [0, 0.1) is 6.92 Å². The minimum absolute atomic E-state index is 0.135. The highest BCUT2D eigenvalue weighted by Crippen LogP contribution is 2.25. The lowest BCUT2D eigenvalue weighted by Gasteiger charge is -2.03. The van der Waals surface area contributed by atoms with Crippen molar-refractivity contribution in [3.63, 3.8) is 0 Å². The van der Waals surface area contributed by atoms with Crippen molar-refractivity contribution in [2.45, 2.75) is 18.6 Å². The summed E-state index contributed by atoms with van der Waals surface area (Å²) >= 11 is 1.53. The lowest BCUT2D eigenvalue weighted by molar-refractivity contribution is 0.534. The van der Waals surface area contributed by atoms with Gasteiger partial charge in [-0.25, -0.2) is 9.48 Å². The molecule has 128 valence electrons. The number of furan rings is 1. The minimum Gasteiger partial charge on any atom is -0.469 e. The number of aryl methyl sites for hydroxylation is 2. The zero-order chi connectivity index (χ0) is 17.4. The third-order valence-corrected chi connectivity index (χ3v) is 4.96. The summed E-state index contributed by atoms with van der Waals surface area (Å²) in [5.74, 6) is 2.24. The number of fused-ring (bicyclic) bond motifs is 1. The number of rotatable bonds is 5. The summed E-state index contributed by atoms with van der Waals surface area (Å²) in [7, 11) is 1.92. The van der Waals surface area contributed by atoms with Gasteiger partial charge >= 0.3 is 5.69 Å². The zero-order valence-electron chi connectivity index (χ0n) is 13.8. The molecule has 8 nitrogen and oxygen atoms in total. The predicted molar refractivity (Wildman–Crippen MR) is 93.6 cm³/mol. The maximum absolute atomic E-state index is 12.2. The Balaban J connectivity index is 1.49. The molecule has 0 aliphatic rings. The second-order valence-corrected chi connectivity index (χ2v) is 6.60. The molecule has 25 heavy (non-hydrogen) atoms. The molecule has 0 saturated heterocycles. The number of thioether (sulfide) groups is 1. The Labute approximate surface area is 147 Å². The van der Waals surface area contributed by atoms with E-state index in [1.807, 2.05) is 42.8 Å². The van der Waals surface area contributed by atoms with Crippen molar-refractivity contribution in [1.82, 2.24) is 28.9 Å². The Morgan fingerprint density at radius 3 is 2.88 bits per heavy atom. The Morgan fingerprint density at radius 1 is 1.24 bits per heavy atom. The second-order valence-electron chi connectivity index (χ2n) is 5.54. The van der Waals surface area contributed by atoms with Gasteiger partial charge in [-0.15, -0.1) is 15.3 Å². The predicted octanol–water partition coefficient (Wildman–Crippen LogP) is 1.99. The number of pyridine rings is 1. The first-order chi connectivity index (χ1) is 12.1. The highest BCUT2D eigenvalue weighted by Gasteiger charge is 2.15. The van der Waals surface area contributed by atoms with Crippen LogP contribution in [0.4, 0.5) is 0 Å². The van der Waals surface area contributed by atoms with Gasteiger partial charge in [0.25, 0.3) is 0 Å². The SMILES string of the molecule is Cc1occc1-c1nnc(SCCn2nc3ccccn3c2=O)n1C. The minimum atomic E-state index is -0.135. The van der Waals surface area contributed by atoms with Crippen molar-refractivity contribution >= 4 is 17.4 Å². The quantitative estimate of drug-likeness (QED) is 0.509. The first-order valence-corrected chi connectivity index (χ1v) is 8.74. The van der Waals surface area contributed by atoms with Crippen LogP contribution in [-0.2, 0) is 13.6 Å². The normalized spacial score (nSPS) is 11.4. The summed E-state index contributed by atoms with van der Waals surface area (Å²) in [4.78, 5) is 12.2. The van der Waals surface area contributed by atoms with Crippen molar-refractivity contribution in [3.8, 4) is 11.4 Å². The summed E-state index contributed by atoms with van der Waals surface area (Å²) in [5, 5.41) is 13.6. The fraction of sp³-hybridized carbons (Fsp3) is 0.250. The maximum Gasteiger partial charge on any atom is 0.350 e. The van der Waals surface area contributed by atoms with E-state index in [1.165, 1.54) is 20.8 Å². The third-order valence-electron chi connectivity index (χ3n) is 3.96. The van der Waals surface area contributed by atoms with Crippen LogP contribution in [0.25, 0.3) is 17.0 Å². The molecule has 0 spiro atoms. The highest BCUT2D eigenvalue weighted by molar-refractivity contribution is 7.99. The number of nitrogens with zero attached hydrogens (tertiary/aromatic N) is 6. The van der Waals surface area contributed by atoms with Crippen LogP contribution >= 0.6 is 11.8 Å². The van der Waals surface area contributed by atoms with E-state index in [2.05, 4.69) is 15.3 Å². The van der Waals surface area contributed by atoms with Gasteiger partial charge in [0, 0.05) is 19.0 Å². The first-order valence-electron chi connectivity index (χ1n) is 7.76. The molecule has 0 unspecified atom stereocenters. The molecule has 0 aliphatic carbocycles. The molecular formula is C16H16N6O2S. The van der Waals surface area contributed by atoms with Crippen molar-refractivity contribution in [3.05, 3.63) is 53.0 Å². The molecule has 0 bridgehead atoms. The van der Waals surface area contributed by atoms with Gasteiger partial charge in [-0.1, -0.05) is 17.8 Å². The van der Waals surface area contributed by atoms with Crippen LogP contribution in [0.3, 0.4) is 0 Å². The van der Waals surface area contributed by atoms with Gasteiger partial charge in [0.1, 0.15) is 5.76 Å². The molecule has 0 aromatic carbocycles. The average molecular weight is 356 g/mol. The molecule has 0 amide bonds. The molecule has 0 saturated carbocycles. The second kappa shape index (κ2) is 6.25. The molecule has 0 fully saturated rings. The van der Waals surface area contributed by atoms with Crippen molar-refractivity contribution in [2.75, 3.05) is 5.75 Å². The van der Waals surface area contributed by atoms with Gasteiger partial charge in [-0.2, -0.15) is 0 Å². The van der Waals surface area contributed by atoms with Crippen LogP contribution in [0.2, 0.25) is 0 Å². The van der Waals surface area contributed by atoms with E-state index in [4.69, 9.17) is 4.42 Å². The van der Waals surface area contributed by atoms with Crippen LogP contribution in [-0.4, -0.2) is 34.7 Å². The van der Waals surface area contributed by atoms with E-state index in [9.17, 15) is 4.79 Å². The molecule has 0 radical (unpaired) electrons.